The minimum absolute atomic E-state index is 0.112. The average Bonchev–Trinajstić information content (AvgIpc) is 4.06. The molecule has 2 aromatic heterocycles. The van der Waals surface area contributed by atoms with Crippen LogP contribution in [0.5, 0.6) is 0 Å². The van der Waals surface area contributed by atoms with E-state index in [9.17, 15) is 19.2 Å². The van der Waals surface area contributed by atoms with E-state index in [1.807, 2.05) is 38.1 Å². The van der Waals surface area contributed by atoms with Crippen LogP contribution in [0.3, 0.4) is 0 Å². The first kappa shape index (κ1) is 39.5. The van der Waals surface area contributed by atoms with Crippen LogP contribution in [0, 0.1) is 5.92 Å². The van der Waals surface area contributed by atoms with Gasteiger partial charge in [-0.2, -0.15) is 0 Å². The molecule has 2 aromatic carbocycles. The van der Waals surface area contributed by atoms with Gasteiger partial charge < -0.3 is 49.3 Å². The molecule has 4 unspecified atom stereocenters. The molecule has 4 atom stereocenters. The third-order valence-electron chi connectivity index (χ3n) is 11.0. The summed E-state index contributed by atoms with van der Waals surface area (Å²) >= 11 is 0. The molecule has 16 nitrogen and oxygen atoms in total. The standard InChI is InChI=1S/C41H50N8O8/c1-24(2)34(47-40(53)55-5)38(51)48-17-6-8-32(48)35-42-21-30(45-35)28-13-9-26(10-14-28)27-11-15-29(16-12-27)31-22-43-36(46-31)33-20-41(56-18-7-19-57-41)23-49(33)37(50)25(3)44-39(52)54-4/h9-16,21-22,24-25,32-34H,6-8,17-20,23H2,1-5H3,(H,42,45)(H,43,46)(H,44,52)(H,47,53). The first-order valence-electron chi connectivity index (χ1n) is 19.4. The smallest absolute Gasteiger partial charge is 0.407 e. The van der Waals surface area contributed by atoms with Gasteiger partial charge in [-0.05, 0) is 54.4 Å². The summed E-state index contributed by atoms with van der Waals surface area (Å²) in [5, 5.41) is 5.26. The molecule has 5 heterocycles. The molecule has 3 saturated heterocycles. The van der Waals surface area contributed by atoms with E-state index >= 15 is 0 Å². The van der Waals surface area contributed by atoms with Crippen molar-refractivity contribution >= 4 is 24.0 Å². The number of hydrogen-bond acceptors (Lipinski definition) is 10. The van der Waals surface area contributed by atoms with Gasteiger partial charge in [-0.25, -0.2) is 19.6 Å². The highest BCUT2D eigenvalue weighted by molar-refractivity contribution is 5.87. The molecule has 0 saturated carbocycles. The number of benzene rings is 2. The molecule has 57 heavy (non-hydrogen) atoms. The fourth-order valence-corrected chi connectivity index (χ4v) is 7.87. The monoisotopic (exact) mass is 782 g/mol. The lowest BCUT2D eigenvalue weighted by molar-refractivity contribution is -0.257. The zero-order valence-corrected chi connectivity index (χ0v) is 32.9. The third kappa shape index (κ3) is 8.37. The lowest BCUT2D eigenvalue weighted by Crippen LogP contribution is -2.51. The minimum Gasteiger partial charge on any atom is -0.453 e. The second-order valence-electron chi connectivity index (χ2n) is 15.1. The number of imidazole rings is 2. The predicted octanol–water partition coefficient (Wildman–Crippen LogP) is 5.33. The van der Waals surface area contributed by atoms with Gasteiger partial charge in [0.15, 0.2) is 5.79 Å². The third-order valence-corrected chi connectivity index (χ3v) is 11.0. The van der Waals surface area contributed by atoms with E-state index in [0.29, 0.717) is 37.8 Å². The second kappa shape index (κ2) is 16.8. The van der Waals surface area contributed by atoms with Gasteiger partial charge in [-0.1, -0.05) is 62.4 Å². The quantitative estimate of drug-likeness (QED) is 0.164. The molecule has 4 N–H and O–H groups in total. The number of hydrogen-bond donors (Lipinski definition) is 4. The Morgan fingerprint density at radius 2 is 1.26 bits per heavy atom. The Morgan fingerprint density at radius 1 is 0.737 bits per heavy atom. The topological polar surface area (TPSA) is 193 Å². The maximum Gasteiger partial charge on any atom is 0.407 e. The molecule has 3 aliphatic heterocycles. The van der Waals surface area contributed by atoms with Crippen molar-refractivity contribution in [1.29, 1.82) is 0 Å². The molecule has 0 aliphatic carbocycles. The van der Waals surface area contributed by atoms with Crippen molar-refractivity contribution in [2.75, 3.05) is 40.5 Å². The van der Waals surface area contributed by atoms with Gasteiger partial charge in [-0.15, -0.1) is 0 Å². The number of likely N-dealkylation sites (tertiary alicyclic amines) is 2. The van der Waals surface area contributed by atoms with E-state index in [4.69, 9.17) is 18.9 Å². The maximum atomic E-state index is 13.6. The van der Waals surface area contributed by atoms with E-state index < -0.39 is 36.1 Å². The van der Waals surface area contributed by atoms with Crippen LogP contribution in [0.25, 0.3) is 33.6 Å². The molecule has 3 fully saturated rings. The molecule has 4 amide bonds. The van der Waals surface area contributed by atoms with Gasteiger partial charge in [-0.3, -0.25) is 9.59 Å². The number of aromatic nitrogens is 4. The maximum absolute atomic E-state index is 13.6. The van der Waals surface area contributed by atoms with Gasteiger partial charge in [0, 0.05) is 13.0 Å². The number of amides is 4. The number of aromatic amines is 2. The van der Waals surface area contributed by atoms with Crippen molar-refractivity contribution < 1.29 is 38.1 Å². The predicted molar refractivity (Wildman–Crippen MR) is 208 cm³/mol. The van der Waals surface area contributed by atoms with E-state index in [1.165, 1.54) is 14.2 Å². The summed E-state index contributed by atoms with van der Waals surface area (Å²) in [6, 6.07) is 14.1. The van der Waals surface area contributed by atoms with E-state index in [2.05, 4.69) is 54.8 Å². The highest BCUT2D eigenvalue weighted by Gasteiger charge is 2.51. The number of H-pyrrole nitrogens is 2. The van der Waals surface area contributed by atoms with Crippen LogP contribution in [0.2, 0.25) is 0 Å². The van der Waals surface area contributed by atoms with Crippen molar-refractivity contribution in [1.82, 2.24) is 40.4 Å². The van der Waals surface area contributed by atoms with Gasteiger partial charge in [0.2, 0.25) is 11.8 Å². The first-order chi connectivity index (χ1) is 27.5. The Kier molecular flexibility index (Phi) is 11.6. The molecule has 0 bridgehead atoms. The zero-order valence-electron chi connectivity index (χ0n) is 32.9. The largest absolute Gasteiger partial charge is 0.453 e. The van der Waals surface area contributed by atoms with Gasteiger partial charge in [0.25, 0.3) is 0 Å². The minimum atomic E-state index is -0.937. The molecule has 0 radical (unpaired) electrons. The molecule has 3 aliphatic rings. The summed E-state index contributed by atoms with van der Waals surface area (Å²) in [5.41, 5.74) is 5.60. The summed E-state index contributed by atoms with van der Waals surface area (Å²) in [7, 11) is 2.54. The van der Waals surface area contributed by atoms with Gasteiger partial charge in [0.1, 0.15) is 23.7 Å². The Hall–Kier alpha value is -5.74. The van der Waals surface area contributed by atoms with Crippen LogP contribution in [-0.4, -0.2) is 112 Å². The second-order valence-corrected chi connectivity index (χ2v) is 15.1. The summed E-state index contributed by atoms with van der Waals surface area (Å²) in [4.78, 5) is 70.6. The lowest BCUT2D eigenvalue weighted by Gasteiger charge is -2.33. The fraction of sp³-hybridized carbons (Fsp3) is 0.463. The summed E-state index contributed by atoms with van der Waals surface area (Å²) < 4.78 is 21.6. The number of carbonyl (C=O) groups excluding carboxylic acids is 4. The van der Waals surface area contributed by atoms with E-state index in [1.54, 1.807) is 29.1 Å². The van der Waals surface area contributed by atoms with Gasteiger partial charge >= 0.3 is 12.2 Å². The number of carbonyl (C=O) groups is 4. The summed E-state index contributed by atoms with van der Waals surface area (Å²) in [6.45, 7) is 7.28. The molecule has 302 valence electrons. The van der Waals surface area contributed by atoms with Crippen molar-refractivity contribution in [2.45, 2.75) is 76.4 Å². The normalized spacial score (nSPS) is 20.0. The van der Waals surface area contributed by atoms with Crippen molar-refractivity contribution in [3.63, 3.8) is 0 Å². The number of nitrogens with one attached hydrogen (secondary N) is 4. The van der Waals surface area contributed by atoms with Crippen LogP contribution in [0.4, 0.5) is 9.59 Å². The molecular formula is C41H50N8O8. The van der Waals surface area contributed by atoms with E-state index in [-0.39, 0.29) is 30.3 Å². The average molecular weight is 783 g/mol. The van der Waals surface area contributed by atoms with Crippen molar-refractivity contribution in [3.05, 3.63) is 72.6 Å². The number of ether oxygens (including phenoxy) is 4. The molecule has 1 spiro atoms. The molecule has 7 rings (SSSR count). The Morgan fingerprint density at radius 3 is 1.81 bits per heavy atom. The number of rotatable bonds is 10. The van der Waals surface area contributed by atoms with Crippen LogP contribution in [0.15, 0.2) is 60.9 Å². The van der Waals surface area contributed by atoms with Gasteiger partial charge in [0.05, 0.1) is 69.8 Å². The summed E-state index contributed by atoms with van der Waals surface area (Å²) in [6.07, 6.45) is 5.03. The van der Waals surface area contributed by atoms with E-state index in [0.717, 1.165) is 52.9 Å². The molecule has 4 aromatic rings. The number of methoxy groups -OCH3 is 2. The Bertz CT molecular complexity index is 2060. The fourth-order valence-electron chi connectivity index (χ4n) is 7.87. The van der Waals surface area contributed by atoms with Crippen LogP contribution in [-0.2, 0) is 28.5 Å². The first-order valence-corrected chi connectivity index (χ1v) is 19.4. The lowest BCUT2D eigenvalue weighted by atomic mass is 10.0. The number of alkyl carbamates (subject to hydrolysis) is 2. The highest BCUT2D eigenvalue weighted by atomic mass is 16.7. The van der Waals surface area contributed by atoms with Crippen molar-refractivity contribution in [2.24, 2.45) is 5.92 Å². The Balaban J connectivity index is 1.02. The van der Waals surface area contributed by atoms with Crippen LogP contribution >= 0.6 is 0 Å². The summed E-state index contributed by atoms with van der Waals surface area (Å²) in [5.74, 6) is -0.175. The van der Waals surface area contributed by atoms with Crippen LogP contribution < -0.4 is 10.6 Å². The highest BCUT2D eigenvalue weighted by Crippen LogP contribution is 2.42. The molecular weight excluding hydrogens is 732 g/mol. The SMILES string of the molecule is COC(=O)NC(C)C(=O)N1CC2(CC1c1ncc(-c3ccc(-c4ccc(-c5cnc(C6CCCN6C(=O)C(NC(=O)OC)C(C)C)[nH]5)cc4)cc3)[nH]1)OCCCO2. The van der Waals surface area contributed by atoms with Crippen molar-refractivity contribution in [3.8, 4) is 33.6 Å². The molecule has 16 heteroatoms. The Labute approximate surface area is 331 Å². The zero-order chi connectivity index (χ0) is 40.3. The number of nitrogens with zero attached hydrogens (tertiary/aromatic N) is 4. The van der Waals surface area contributed by atoms with Crippen LogP contribution in [0.1, 0.15) is 70.2 Å².